The summed E-state index contributed by atoms with van der Waals surface area (Å²) in [5.41, 5.74) is 0.721. The minimum Gasteiger partial charge on any atom is -0.455 e. The Kier molecular flexibility index (Phi) is 8.29. The number of ether oxygens (including phenoxy) is 1. The first-order valence-corrected chi connectivity index (χ1v) is 9.47. The van der Waals surface area contributed by atoms with Gasteiger partial charge in [-0.25, -0.2) is 0 Å². The molecule has 0 fully saturated rings. The third-order valence-corrected chi connectivity index (χ3v) is 4.68. The number of amides is 1. The maximum absolute atomic E-state index is 12.0. The largest absolute Gasteiger partial charge is 0.455 e. The van der Waals surface area contributed by atoms with Crippen molar-refractivity contribution in [2.75, 3.05) is 25.0 Å². The molecule has 2 aromatic carbocycles. The lowest BCUT2D eigenvalue weighted by molar-refractivity contribution is -0.384. The monoisotopic (exact) mass is 403 g/mol. The van der Waals surface area contributed by atoms with Gasteiger partial charge in [-0.2, -0.15) is 0 Å². The molecule has 148 valence electrons. The molecule has 0 radical (unpaired) electrons. The van der Waals surface area contributed by atoms with E-state index in [1.807, 2.05) is 30.3 Å². The summed E-state index contributed by atoms with van der Waals surface area (Å²) in [5, 5.41) is 15.8. The topological polar surface area (TPSA) is 111 Å². The fraction of sp³-hybridized carbons (Fsp3) is 0.263. The van der Waals surface area contributed by atoms with Crippen molar-refractivity contribution in [3.8, 4) is 0 Å². The first-order chi connectivity index (χ1) is 13.5. The number of hydrogen-bond donors (Lipinski definition) is 2. The standard InChI is InChI=1S/C19H21N3O5S/c1-14(28-17-5-3-2-4-6-17)19(24)27-13-18(23)21-12-11-20-15-7-9-16(10-8-15)22(25)26/h2-10,14,20H,11-13H2,1H3,(H,21,23)/t14-/m0/s1. The normalized spacial score (nSPS) is 11.3. The number of non-ortho nitro benzene ring substituents is 1. The molecule has 2 aromatic rings. The van der Waals surface area contributed by atoms with Gasteiger partial charge < -0.3 is 15.4 Å². The molecule has 0 aromatic heterocycles. The molecule has 0 aliphatic rings. The van der Waals surface area contributed by atoms with Gasteiger partial charge in [-0.1, -0.05) is 18.2 Å². The Morgan fingerprint density at radius 2 is 1.79 bits per heavy atom. The summed E-state index contributed by atoms with van der Waals surface area (Å²) in [7, 11) is 0. The fourth-order valence-electron chi connectivity index (χ4n) is 2.17. The predicted octanol–water partition coefficient (Wildman–Crippen LogP) is 2.85. The van der Waals surface area contributed by atoms with Crippen molar-refractivity contribution in [1.82, 2.24) is 5.32 Å². The maximum atomic E-state index is 12.0. The Morgan fingerprint density at radius 1 is 1.11 bits per heavy atom. The van der Waals surface area contributed by atoms with Gasteiger partial charge in [0.05, 0.1) is 4.92 Å². The molecule has 0 bridgehead atoms. The molecule has 2 rings (SSSR count). The summed E-state index contributed by atoms with van der Waals surface area (Å²) in [4.78, 5) is 34.8. The summed E-state index contributed by atoms with van der Waals surface area (Å²) in [6, 6.07) is 15.5. The number of nitrogens with one attached hydrogen (secondary N) is 2. The molecule has 8 nitrogen and oxygen atoms in total. The smallest absolute Gasteiger partial charge is 0.319 e. The molecule has 0 spiro atoms. The molecule has 0 unspecified atom stereocenters. The zero-order chi connectivity index (χ0) is 20.4. The number of carbonyl (C=O) groups is 2. The second-order valence-electron chi connectivity index (χ2n) is 5.76. The lowest BCUT2D eigenvalue weighted by atomic mass is 10.3. The third kappa shape index (κ3) is 7.28. The minimum absolute atomic E-state index is 0.0142. The number of carbonyl (C=O) groups excluding carboxylic acids is 2. The number of hydrogen-bond acceptors (Lipinski definition) is 7. The summed E-state index contributed by atoms with van der Waals surface area (Å²) in [6.07, 6.45) is 0. The van der Waals surface area contributed by atoms with Crippen LogP contribution in [0.5, 0.6) is 0 Å². The number of nitro groups is 1. The Hall–Kier alpha value is -3.07. The second kappa shape index (κ2) is 10.9. The lowest BCUT2D eigenvalue weighted by Crippen LogP contribution is -2.33. The quantitative estimate of drug-likeness (QED) is 0.206. The average molecular weight is 403 g/mol. The molecule has 0 saturated carbocycles. The molecule has 2 N–H and O–H groups in total. The van der Waals surface area contributed by atoms with Crippen molar-refractivity contribution in [2.24, 2.45) is 0 Å². The van der Waals surface area contributed by atoms with Crippen LogP contribution in [0.4, 0.5) is 11.4 Å². The highest BCUT2D eigenvalue weighted by atomic mass is 32.2. The molecule has 1 atom stereocenters. The highest BCUT2D eigenvalue weighted by Gasteiger charge is 2.17. The number of nitrogens with zero attached hydrogens (tertiary/aromatic N) is 1. The van der Waals surface area contributed by atoms with Gasteiger partial charge in [0, 0.05) is 35.8 Å². The van der Waals surface area contributed by atoms with Gasteiger partial charge >= 0.3 is 5.97 Å². The van der Waals surface area contributed by atoms with Crippen LogP contribution in [-0.4, -0.2) is 41.7 Å². The van der Waals surface area contributed by atoms with Gasteiger partial charge in [0.15, 0.2) is 6.61 Å². The summed E-state index contributed by atoms with van der Waals surface area (Å²) < 4.78 is 5.03. The van der Waals surface area contributed by atoms with Crippen LogP contribution in [0, 0.1) is 10.1 Å². The van der Waals surface area contributed by atoms with Crippen molar-refractivity contribution < 1.29 is 19.2 Å². The van der Waals surface area contributed by atoms with Crippen LogP contribution in [0.1, 0.15) is 6.92 Å². The molecular formula is C19H21N3O5S. The fourth-order valence-corrected chi connectivity index (χ4v) is 3.05. The highest BCUT2D eigenvalue weighted by Crippen LogP contribution is 2.23. The second-order valence-corrected chi connectivity index (χ2v) is 7.18. The van der Waals surface area contributed by atoms with Gasteiger partial charge in [0.1, 0.15) is 5.25 Å². The maximum Gasteiger partial charge on any atom is 0.319 e. The summed E-state index contributed by atoms with van der Waals surface area (Å²) >= 11 is 1.37. The van der Waals surface area contributed by atoms with Gasteiger partial charge in [-0.3, -0.25) is 19.7 Å². The number of thioether (sulfide) groups is 1. The van der Waals surface area contributed by atoms with E-state index in [-0.39, 0.29) is 12.3 Å². The molecule has 0 aliphatic heterocycles. The predicted molar refractivity (Wildman–Crippen MR) is 107 cm³/mol. The van der Waals surface area contributed by atoms with Gasteiger partial charge in [-0.05, 0) is 31.2 Å². The highest BCUT2D eigenvalue weighted by molar-refractivity contribution is 8.00. The van der Waals surface area contributed by atoms with E-state index in [9.17, 15) is 19.7 Å². The molecule has 9 heteroatoms. The van der Waals surface area contributed by atoms with E-state index in [4.69, 9.17) is 4.74 Å². The van der Waals surface area contributed by atoms with Crippen LogP contribution in [0.25, 0.3) is 0 Å². The average Bonchev–Trinajstić information content (AvgIpc) is 2.70. The Balaban J connectivity index is 1.61. The minimum atomic E-state index is -0.468. The van der Waals surface area contributed by atoms with Crippen LogP contribution in [0.15, 0.2) is 59.5 Å². The van der Waals surface area contributed by atoms with Crippen LogP contribution < -0.4 is 10.6 Å². The number of rotatable bonds is 10. The number of nitro benzene ring substituents is 1. The van der Waals surface area contributed by atoms with Crippen molar-refractivity contribution in [2.45, 2.75) is 17.1 Å². The van der Waals surface area contributed by atoms with E-state index in [1.54, 1.807) is 19.1 Å². The van der Waals surface area contributed by atoms with Crippen LogP contribution in [0.2, 0.25) is 0 Å². The number of anilines is 1. The Morgan fingerprint density at radius 3 is 2.43 bits per heavy atom. The third-order valence-electron chi connectivity index (χ3n) is 3.59. The zero-order valence-corrected chi connectivity index (χ0v) is 16.1. The molecular weight excluding hydrogens is 382 g/mol. The van der Waals surface area contributed by atoms with E-state index in [1.165, 1.54) is 23.9 Å². The van der Waals surface area contributed by atoms with E-state index < -0.39 is 22.0 Å². The van der Waals surface area contributed by atoms with E-state index in [0.717, 1.165) is 4.90 Å². The zero-order valence-electron chi connectivity index (χ0n) is 15.3. The van der Waals surface area contributed by atoms with Crippen molar-refractivity contribution >= 4 is 35.0 Å². The summed E-state index contributed by atoms with van der Waals surface area (Å²) in [5.74, 6) is -0.844. The molecule has 0 saturated heterocycles. The SMILES string of the molecule is C[C@H](Sc1ccccc1)C(=O)OCC(=O)NCCNc1ccc([N+](=O)[O-])cc1. The van der Waals surface area contributed by atoms with Gasteiger partial charge in [0.2, 0.25) is 0 Å². The molecule has 0 heterocycles. The van der Waals surface area contributed by atoms with Gasteiger partial charge in [0.25, 0.3) is 11.6 Å². The van der Waals surface area contributed by atoms with Crippen molar-refractivity contribution in [1.29, 1.82) is 0 Å². The van der Waals surface area contributed by atoms with Crippen LogP contribution in [-0.2, 0) is 14.3 Å². The van der Waals surface area contributed by atoms with Crippen molar-refractivity contribution in [3.63, 3.8) is 0 Å². The molecule has 28 heavy (non-hydrogen) atoms. The first-order valence-electron chi connectivity index (χ1n) is 8.59. The van der Waals surface area contributed by atoms with E-state index in [0.29, 0.717) is 18.8 Å². The van der Waals surface area contributed by atoms with Crippen molar-refractivity contribution in [3.05, 3.63) is 64.7 Å². The van der Waals surface area contributed by atoms with Gasteiger partial charge in [-0.15, -0.1) is 11.8 Å². The molecule has 1 amide bonds. The van der Waals surface area contributed by atoms with Crippen LogP contribution >= 0.6 is 11.8 Å². The Labute approximate surface area is 166 Å². The summed E-state index contributed by atoms with van der Waals surface area (Å²) in [6.45, 7) is 2.14. The lowest BCUT2D eigenvalue weighted by Gasteiger charge is -2.12. The molecule has 0 aliphatic carbocycles. The van der Waals surface area contributed by atoms with E-state index >= 15 is 0 Å². The first kappa shape index (κ1) is 21.2. The van der Waals surface area contributed by atoms with Crippen LogP contribution in [0.3, 0.4) is 0 Å². The Bertz CT molecular complexity index is 799. The number of benzene rings is 2. The number of esters is 1. The van der Waals surface area contributed by atoms with E-state index in [2.05, 4.69) is 10.6 Å².